The predicted molar refractivity (Wildman–Crippen MR) is 50.8 cm³/mol. The molecule has 5 nitrogen and oxygen atoms in total. The third-order valence-corrected chi connectivity index (χ3v) is 2.99. The van der Waals surface area contributed by atoms with E-state index < -0.39 is 26.5 Å². The van der Waals surface area contributed by atoms with Gasteiger partial charge in [0, 0.05) is 0 Å². The second-order valence-electron chi connectivity index (χ2n) is 3.26. The van der Waals surface area contributed by atoms with Crippen molar-refractivity contribution in [2.75, 3.05) is 0 Å². The quantitative estimate of drug-likeness (QED) is 0.384. The van der Waals surface area contributed by atoms with Gasteiger partial charge in [-0.05, 0) is 22.9 Å². The fourth-order valence-corrected chi connectivity index (χ4v) is 1.90. The first kappa shape index (κ1) is 22.5. The van der Waals surface area contributed by atoms with E-state index >= 15 is 0 Å². The number of rotatable bonds is 1. The van der Waals surface area contributed by atoms with Crippen molar-refractivity contribution >= 4 is 20.9 Å². The molecule has 19 heavy (non-hydrogen) atoms. The zero-order chi connectivity index (χ0) is 11.9. The molecule has 9 heteroatoms. The van der Waals surface area contributed by atoms with Crippen molar-refractivity contribution in [2.45, 2.75) is 4.90 Å². The minimum atomic E-state index is -4.55. The van der Waals surface area contributed by atoms with Crippen molar-refractivity contribution in [3.05, 3.63) is 30.3 Å². The van der Waals surface area contributed by atoms with Gasteiger partial charge in [0.2, 0.25) is 0 Å². The van der Waals surface area contributed by atoms with E-state index in [0.29, 0.717) is 5.39 Å². The Morgan fingerprint density at radius 1 is 0.789 bits per heavy atom. The molecule has 0 radical (unpaired) electrons. The van der Waals surface area contributed by atoms with Crippen LogP contribution in [0.3, 0.4) is 0 Å². The Morgan fingerprint density at radius 2 is 1.26 bits per heavy atom. The first-order chi connectivity index (χ1) is 7.38. The molecule has 0 unspecified atom stereocenters. The van der Waals surface area contributed by atoms with Gasteiger partial charge < -0.3 is 14.8 Å². The van der Waals surface area contributed by atoms with Crippen LogP contribution in [0.4, 0.5) is 0 Å². The summed E-state index contributed by atoms with van der Waals surface area (Å²) >= 11 is 0. The number of hydrogen-bond donors (Lipinski definition) is 0. The third kappa shape index (κ3) is 5.48. The summed E-state index contributed by atoms with van der Waals surface area (Å²) in [6.07, 6.45) is 0. The van der Waals surface area contributed by atoms with Gasteiger partial charge in [-0.15, -0.1) is 11.5 Å². The smallest absolute Gasteiger partial charge is 0.873 e. The van der Waals surface area contributed by atoms with Gasteiger partial charge in [0.05, 0.1) is 4.90 Å². The van der Waals surface area contributed by atoms with Gasteiger partial charge in [0.1, 0.15) is 10.1 Å². The first-order valence-corrected chi connectivity index (χ1v) is 5.66. The molecule has 0 bridgehead atoms. The second kappa shape index (κ2) is 8.60. The van der Waals surface area contributed by atoms with E-state index in [1.807, 2.05) is 0 Å². The molecule has 2 aromatic rings. The molecule has 0 spiro atoms. The van der Waals surface area contributed by atoms with E-state index in [2.05, 4.69) is 0 Å². The summed E-state index contributed by atoms with van der Waals surface area (Å²) in [5.41, 5.74) is 0. The molecule has 2 rings (SSSR count). The normalized spacial score (nSPS) is 9.95. The van der Waals surface area contributed by atoms with Crippen LogP contribution < -0.4 is 98.9 Å². The average Bonchev–Trinajstić information content (AvgIpc) is 2.17. The molecule has 0 heterocycles. The molecular weight excluding hydrogens is 301 g/mol. The molecule has 0 fully saturated rings. The monoisotopic (exact) mass is 306 g/mol. The van der Waals surface area contributed by atoms with Gasteiger partial charge >= 0.3 is 88.7 Å². The molecule has 0 atom stereocenters. The number of hydrogen-bond acceptors (Lipinski definition) is 5. The zero-order valence-electron chi connectivity index (χ0n) is 10.8. The largest absolute Gasteiger partial charge is 1.00 e. The average molecular weight is 306 g/mol. The van der Waals surface area contributed by atoms with Crippen LogP contribution in [0, 0.1) is 0 Å². The Hall–Kier alpha value is 1.21. The van der Waals surface area contributed by atoms with Crippen LogP contribution in [0.2, 0.25) is 0 Å². The van der Waals surface area contributed by atoms with Gasteiger partial charge in [0.15, 0.2) is 0 Å². The fraction of sp³-hybridized carbons (Fsp3) is 0. The maximum absolute atomic E-state index is 11.1. The van der Waals surface area contributed by atoms with E-state index in [9.17, 15) is 23.2 Å². The third-order valence-electron chi connectivity index (χ3n) is 2.16. The van der Waals surface area contributed by atoms with Crippen LogP contribution in [0.15, 0.2) is 35.2 Å². The summed E-state index contributed by atoms with van der Waals surface area (Å²) in [5, 5.41) is 22.8. The molecule has 0 aliphatic rings. The molecule has 0 saturated heterocycles. The summed E-state index contributed by atoms with van der Waals surface area (Å²) in [5.74, 6) is -1.39. The summed E-state index contributed by atoms with van der Waals surface area (Å²) in [4.78, 5) is -0.418. The van der Waals surface area contributed by atoms with Gasteiger partial charge in [0.25, 0.3) is 0 Å². The summed E-state index contributed by atoms with van der Waals surface area (Å²) in [7, 11) is -4.55. The fourth-order valence-electron chi connectivity index (χ4n) is 1.39. The molecule has 2 aromatic carbocycles. The zero-order valence-corrected chi connectivity index (χ0v) is 17.7. The van der Waals surface area contributed by atoms with Crippen molar-refractivity contribution in [1.82, 2.24) is 0 Å². The SMILES string of the molecule is O=S(=O)([O-])c1ccc2cc([O-])c([O-])cc2c1.[Na+].[Na+].[Na+]. The standard InChI is InChI=1S/C10H8O5S.3Na/c11-9-4-6-1-2-8(16(13,14)15)3-7(6)5-10(9)12;;;/h1-5,11-12H,(H,13,14,15);;;/q;3*+1/p-3. The van der Waals surface area contributed by atoms with Gasteiger partial charge in [-0.3, -0.25) is 0 Å². The molecular formula is C10H5Na3O5S. The van der Waals surface area contributed by atoms with Crippen molar-refractivity contribution in [2.24, 2.45) is 0 Å². The van der Waals surface area contributed by atoms with Gasteiger partial charge in [-0.2, -0.15) is 0 Å². The van der Waals surface area contributed by atoms with E-state index in [1.54, 1.807) is 0 Å². The Kier molecular flexibility index (Phi) is 10.2. The van der Waals surface area contributed by atoms with Crippen molar-refractivity contribution in [3.63, 3.8) is 0 Å². The van der Waals surface area contributed by atoms with Crippen LogP contribution in [0.5, 0.6) is 11.5 Å². The van der Waals surface area contributed by atoms with Gasteiger partial charge in [-0.1, -0.05) is 18.2 Å². The van der Waals surface area contributed by atoms with Gasteiger partial charge in [-0.25, -0.2) is 8.42 Å². The Labute approximate surface area is 177 Å². The Balaban J connectivity index is 0. The number of fused-ring (bicyclic) bond motifs is 1. The molecule has 0 aromatic heterocycles. The van der Waals surface area contributed by atoms with Crippen LogP contribution in [0.1, 0.15) is 0 Å². The molecule has 84 valence electrons. The van der Waals surface area contributed by atoms with E-state index in [4.69, 9.17) is 0 Å². The van der Waals surface area contributed by atoms with Crippen LogP contribution >= 0.6 is 0 Å². The Morgan fingerprint density at radius 3 is 1.74 bits per heavy atom. The predicted octanol–water partition coefficient (Wildman–Crippen LogP) is -9.10. The maximum atomic E-state index is 11.1. The van der Waals surface area contributed by atoms with Crippen LogP contribution in [-0.2, 0) is 10.1 Å². The molecule has 0 amide bonds. The molecule has 0 aliphatic heterocycles. The van der Waals surface area contributed by atoms with Crippen LogP contribution in [0.25, 0.3) is 10.8 Å². The first-order valence-electron chi connectivity index (χ1n) is 4.26. The summed E-state index contributed by atoms with van der Waals surface area (Å²) in [6.45, 7) is 0. The topological polar surface area (TPSA) is 103 Å². The minimum Gasteiger partial charge on any atom is -0.873 e. The number of benzene rings is 2. The van der Waals surface area contributed by atoms with E-state index in [-0.39, 0.29) is 94.1 Å². The summed E-state index contributed by atoms with van der Waals surface area (Å²) in [6, 6.07) is 5.64. The van der Waals surface area contributed by atoms with Crippen molar-refractivity contribution < 1.29 is 112 Å². The molecule has 0 N–H and O–H groups in total. The van der Waals surface area contributed by atoms with Crippen molar-refractivity contribution in [3.8, 4) is 11.5 Å². The second-order valence-corrected chi connectivity index (χ2v) is 4.64. The van der Waals surface area contributed by atoms with Crippen LogP contribution in [-0.4, -0.2) is 13.0 Å². The van der Waals surface area contributed by atoms with E-state index in [1.165, 1.54) is 6.07 Å². The minimum absolute atomic E-state index is 0. The maximum Gasteiger partial charge on any atom is 1.00 e. The molecule has 0 saturated carbocycles. The van der Waals surface area contributed by atoms with E-state index in [0.717, 1.165) is 24.3 Å². The Bertz CT molecular complexity index is 672. The van der Waals surface area contributed by atoms with Crippen molar-refractivity contribution in [1.29, 1.82) is 0 Å². The summed E-state index contributed by atoms with van der Waals surface area (Å²) < 4.78 is 32.2. The molecule has 0 aliphatic carbocycles.